The van der Waals surface area contributed by atoms with Gasteiger partial charge in [-0.25, -0.2) is 0 Å². The number of aryl methyl sites for hydroxylation is 1. The maximum atomic E-state index is 10.9. The summed E-state index contributed by atoms with van der Waals surface area (Å²) in [4.78, 5) is 10.9. The first-order chi connectivity index (χ1) is 11.2. The van der Waals surface area contributed by atoms with Crippen molar-refractivity contribution >= 4 is 11.6 Å². The van der Waals surface area contributed by atoms with E-state index in [2.05, 4.69) is 16.0 Å². The summed E-state index contributed by atoms with van der Waals surface area (Å²) in [5.74, 6) is 0.0665. The van der Waals surface area contributed by atoms with E-state index in [1.807, 2.05) is 52.0 Å². The minimum Gasteiger partial charge on any atom is -0.399 e. The summed E-state index contributed by atoms with van der Waals surface area (Å²) >= 11 is 0. The van der Waals surface area contributed by atoms with Gasteiger partial charge >= 0.3 is 0 Å². The van der Waals surface area contributed by atoms with Gasteiger partial charge in [-0.15, -0.1) is 0 Å². The maximum absolute atomic E-state index is 10.9. The Bertz CT molecular complexity index is 350. The lowest BCUT2D eigenvalue weighted by molar-refractivity contribution is -0.120. The van der Waals surface area contributed by atoms with E-state index < -0.39 is 0 Å². The monoisotopic (exact) mass is 324 g/mol. The van der Waals surface area contributed by atoms with Crippen molar-refractivity contribution in [2.75, 3.05) is 39.0 Å². The van der Waals surface area contributed by atoms with Crippen molar-refractivity contribution in [1.29, 1.82) is 0 Å². The second-order valence-electron chi connectivity index (χ2n) is 4.41. The van der Waals surface area contributed by atoms with Crippen LogP contribution in [0.3, 0.4) is 0 Å². The molecule has 0 aromatic heterocycles. The number of rotatable bonds is 3. The summed E-state index contributed by atoms with van der Waals surface area (Å²) in [6.45, 7) is 12.6. The molecule has 5 heteroatoms. The van der Waals surface area contributed by atoms with Gasteiger partial charge in [0.05, 0.1) is 0 Å². The van der Waals surface area contributed by atoms with Crippen LogP contribution < -0.4 is 21.7 Å². The smallest absolute Gasteiger partial charge is 0.220 e. The molecule has 1 fully saturated rings. The molecule has 1 aliphatic heterocycles. The molecule has 1 aromatic carbocycles. The largest absolute Gasteiger partial charge is 0.399 e. The number of anilines is 1. The van der Waals surface area contributed by atoms with Crippen LogP contribution >= 0.6 is 0 Å². The summed E-state index contributed by atoms with van der Waals surface area (Å²) in [6, 6.07) is 7.58. The second kappa shape index (κ2) is 18.5. The SMILES string of the molecule is C1CNCCN1.CC.CC.CNC(=O)CCc1ccc(N)cc1. The first-order valence-electron chi connectivity index (χ1n) is 8.69. The maximum Gasteiger partial charge on any atom is 0.220 e. The highest BCUT2D eigenvalue weighted by Crippen LogP contribution is 2.07. The van der Waals surface area contributed by atoms with Crippen LogP contribution in [0.4, 0.5) is 5.69 Å². The number of hydrogen-bond donors (Lipinski definition) is 4. The number of piperazine rings is 1. The molecule has 5 N–H and O–H groups in total. The van der Waals surface area contributed by atoms with Crippen molar-refractivity contribution in [3.8, 4) is 0 Å². The van der Waals surface area contributed by atoms with Crippen molar-refractivity contribution in [1.82, 2.24) is 16.0 Å². The summed E-state index contributed by atoms with van der Waals surface area (Å²) in [6.07, 6.45) is 1.29. The van der Waals surface area contributed by atoms with Crippen LogP contribution in [-0.2, 0) is 11.2 Å². The van der Waals surface area contributed by atoms with Crippen LogP contribution in [-0.4, -0.2) is 39.1 Å². The molecule has 134 valence electrons. The Balaban J connectivity index is 0. The highest BCUT2D eigenvalue weighted by Gasteiger charge is 1.98. The lowest BCUT2D eigenvalue weighted by atomic mass is 10.1. The number of carbonyl (C=O) groups is 1. The molecule has 0 radical (unpaired) electrons. The van der Waals surface area contributed by atoms with Gasteiger partial charge in [-0.2, -0.15) is 0 Å². The molecule has 0 saturated carbocycles. The molecular formula is C18H36N4O. The molecule has 0 atom stereocenters. The minimum atomic E-state index is 0.0665. The normalized spacial score (nSPS) is 12.2. The van der Waals surface area contributed by atoms with Gasteiger partial charge in [0.1, 0.15) is 0 Å². The Kier molecular flexibility index (Phi) is 19.0. The van der Waals surface area contributed by atoms with Crippen molar-refractivity contribution < 1.29 is 4.79 Å². The fourth-order valence-electron chi connectivity index (χ4n) is 1.67. The van der Waals surface area contributed by atoms with E-state index >= 15 is 0 Å². The predicted molar refractivity (Wildman–Crippen MR) is 102 cm³/mol. The number of nitrogen functional groups attached to an aromatic ring is 1. The minimum absolute atomic E-state index is 0.0665. The molecule has 2 rings (SSSR count). The van der Waals surface area contributed by atoms with Gasteiger partial charge in [-0.05, 0) is 24.1 Å². The van der Waals surface area contributed by atoms with Crippen LogP contribution in [0.25, 0.3) is 0 Å². The molecule has 5 nitrogen and oxygen atoms in total. The summed E-state index contributed by atoms with van der Waals surface area (Å²) in [5, 5.41) is 9.03. The Hall–Kier alpha value is -1.59. The molecule has 1 amide bonds. The van der Waals surface area contributed by atoms with E-state index in [9.17, 15) is 4.79 Å². The molecule has 0 bridgehead atoms. The van der Waals surface area contributed by atoms with E-state index in [4.69, 9.17) is 5.73 Å². The molecule has 0 spiro atoms. The number of amides is 1. The first-order valence-corrected chi connectivity index (χ1v) is 8.69. The Morgan fingerprint density at radius 1 is 1.00 bits per heavy atom. The van der Waals surface area contributed by atoms with Crippen LogP contribution in [0.2, 0.25) is 0 Å². The molecular weight excluding hydrogens is 288 g/mol. The van der Waals surface area contributed by atoms with E-state index in [0.29, 0.717) is 6.42 Å². The summed E-state index contributed by atoms with van der Waals surface area (Å²) in [7, 11) is 1.64. The molecule has 0 unspecified atom stereocenters. The molecule has 1 heterocycles. The van der Waals surface area contributed by atoms with Crippen molar-refractivity contribution in [2.24, 2.45) is 0 Å². The number of benzene rings is 1. The van der Waals surface area contributed by atoms with E-state index in [0.717, 1.165) is 43.9 Å². The highest BCUT2D eigenvalue weighted by molar-refractivity contribution is 5.75. The van der Waals surface area contributed by atoms with Crippen LogP contribution in [0.1, 0.15) is 39.7 Å². The zero-order chi connectivity index (χ0) is 17.9. The average Bonchev–Trinajstić information content (AvgIpc) is 2.66. The van der Waals surface area contributed by atoms with Crippen molar-refractivity contribution in [3.63, 3.8) is 0 Å². The Labute approximate surface area is 142 Å². The fraction of sp³-hybridized carbons (Fsp3) is 0.611. The fourth-order valence-corrected chi connectivity index (χ4v) is 1.67. The quantitative estimate of drug-likeness (QED) is 0.643. The zero-order valence-corrected chi connectivity index (χ0v) is 15.5. The van der Waals surface area contributed by atoms with Gasteiger partial charge in [-0.3, -0.25) is 4.79 Å². The summed E-state index contributed by atoms with van der Waals surface area (Å²) < 4.78 is 0. The van der Waals surface area contributed by atoms with Gasteiger partial charge in [0, 0.05) is 45.3 Å². The lowest BCUT2D eigenvalue weighted by Gasteiger charge is -2.11. The summed E-state index contributed by atoms with van der Waals surface area (Å²) in [5.41, 5.74) is 7.42. The van der Waals surface area contributed by atoms with Gasteiger partial charge in [-0.1, -0.05) is 39.8 Å². The topological polar surface area (TPSA) is 79.2 Å². The molecule has 23 heavy (non-hydrogen) atoms. The van der Waals surface area contributed by atoms with E-state index in [1.165, 1.54) is 0 Å². The van der Waals surface area contributed by atoms with Crippen LogP contribution in [0.15, 0.2) is 24.3 Å². The third-order valence-corrected chi connectivity index (χ3v) is 2.86. The first kappa shape index (κ1) is 23.7. The number of nitrogens with one attached hydrogen (secondary N) is 3. The lowest BCUT2D eigenvalue weighted by Crippen LogP contribution is -2.39. The van der Waals surface area contributed by atoms with Crippen LogP contribution in [0, 0.1) is 0 Å². The Morgan fingerprint density at radius 2 is 1.43 bits per heavy atom. The zero-order valence-electron chi connectivity index (χ0n) is 15.5. The van der Waals surface area contributed by atoms with E-state index in [1.54, 1.807) is 7.05 Å². The number of nitrogens with two attached hydrogens (primary N) is 1. The second-order valence-corrected chi connectivity index (χ2v) is 4.41. The van der Waals surface area contributed by atoms with Crippen molar-refractivity contribution in [3.05, 3.63) is 29.8 Å². The molecule has 1 aromatic rings. The number of hydrogen-bond acceptors (Lipinski definition) is 4. The average molecular weight is 325 g/mol. The predicted octanol–water partition coefficient (Wildman–Crippen LogP) is 2.18. The highest BCUT2D eigenvalue weighted by atomic mass is 16.1. The van der Waals surface area contributed by atoms with Gasteiger partial charge < -0.3 is 21.7 Å². The van der Waals surface area contributed by atoms with Gasteiger partial charge in [0.15, 0.2) is 0 Å². The van der Waals surface area contributed by atoms with Gasteiger partial charge in [0.2, 0.25) is 5.91 Å². The van der Waals surface area contributed by atoms with E-state index in [-0.39, 0.29) is 5.91 Å². The standard InChI is InChI=1S/C10H14N2O.C4H10N2.2C2H6/c1-12-10(13)7-4-8-2-5-9(11)6-3-8;1-2-6-4-3-5-1;2*1-2/h2-3,5-6H,4,7,11H2,1H3,(H,12,13);5-6H,1-4H2;2*1-2H3. The number of carbonyl (C=O) groups excluding carboxylic acids is 1. The van der Waals surface area contributed by atoms with Crippen LogP contribution in [0.5, 0.6) is 0 Å². The van der Waals surface area contributed by atoms with Gasteiger partial charge in [0.25, 0.3) is 0 Å². The molecule has 1 saturated heterocycles. The third kappa shape index (κ3) is 15.1. The Morgan fingerprint density at radius 3 is 1.78 bits per heavy atom. The molecule has 0 aliphatic carbocycles. The molecule has 1 aliphatic rings. The third-order valence-electron chi connectivity index (χ3n) is 2.86. The van der Waals surface area contributed by atoms with Crippen molar-refractivity contribution in [2.45, 2.75) is 40.5 Å².